The lowest BCUT2D eigenvalue weighted by Gasteiger charge is -2.28. The summed E-state index contributed by atoms with van der Waals surface area (Å²) in [6.45, 7) is 4.59. The Morgan fingerprint density at radius 2 is 2.32 bits per heavy atom. The lowest BCUT2D eigenvalue weighted by atomic mass is 10.00. The summed E-state index contributed by atoms with van der Waals surface area (Å²) in [6, 6.07) is 5.32. The van der Waals surface area contributed by atoms with Gasteiger partial charge in [-0.3, -0.25) is 4.90 Å². The van der Waals surface area contributed by atoms with Gasteiger partial charge in [0.25, 0.3) is 0 Å². The minimum absolute atomic E-state index is 0.0862. The van der Waals surface area contributed by atoms with Gasteiger partial charge in [0.2, 0.25) is 5.13 Å². The van der Waals surface area contributed by atoms with Crippen LogP contribution in [-0.4, -0.2) is 47.1 Å². The van der Waals surface area contributed by atoms with Crippen LogP contribution in [0.1, 0.15) is 30.8 Å². The maximum Gasteiger partial charge on any atom is 0.202 e. The fourth-order valence-corrected chi connectivity index (χ4v) is 4.06. The van der Waals surface area contributed by atoms with Gasteiger partial charge in [-0.1, -0.05) is 24.6 Å². The van der Waals surface area contributed by atoms with Gasteiger partial charge in [0, 0.05) is 37.6 Å². The van der Waals surface area contributed by atoms with Crippen molar-refractivity contribution in [3.8, 4) is 0 Å². The second-order valence-electron chi connectivity index (χ2n) is 6.05. The van der Waals surface area contributed by atoms with E-state index in [1.165, 1.54) is 11.5 Å². The molecule has 0 amide bonds. The summed E-state index contributed by atoms with van der Waals surface area (Å²) in [6.07, 6.45) is 1.67. The zero-order chi connectivity index (χ0) is 17.8. The third-order valence-corrected chi connectivity index (χ3v) is 5.49. The fourth-order valence-electron chi connectivity index (χ4n) is 3.27. The third-order valence-electron chi connectivity index (χ3n) is 4.50. The number of likely N-dealkylation sites (tertiary alicyclic amines) is 1. The highest BCUT2D eigenvalue weighted by Gasteiger charge is 2.35. The standard InChI is InChI=1S/C17H22ClFN4OS/c1-3-23-8-6-14(16(23)11-4-5-12(18)13(19)10-11)20-17-21-15(22-25-17)7-9-24-2/h4-5,10,14,16H,3,6-9H2,1-2H3,(H,20,21,22). The average Bonchev–Trinajstić information content (AvgIpc) is 3.22. The molecular formula is C17H22ClFN4OS. The van der Waals surface area contributed by atoms with Gasteiger partial charge in [-0.2, -0.15) is 4.37 Å². The Hall–Kier alpha value is -1.28. The van der Waals surface area contributed by atoms with Gasteiger partial charge in [-0.15, -0.1) is 0 Å². The Labute approximate surface area is 156 Å². The smallest absolute Gasteiger partial charge is 0.202 e. The Balaban J connectivity index is 1.77. The molecule has 1 N–H and O–H groups in total. The summed E-state index contributed by atoms with van der Waals surface area (Å²) in [5.41, 5.74) is 0.933. The molecule has 8 heteroatoms. The molecule has 0 aliphatic carbocycles. The average molecular weight is 385 g/mol. The zero-order valence-electron chi connectivity index (χ0n) is 14.3. The lowest BCUT2D eigenvalue weighted by molar-refractivity contribution is 0.201. The SMILES string of the molecule is CCN1CCC(Nc2nc(CCOC)ns2)C1c1ccc(Cl)c(F)c1. The lowest BCUT2D eigenvalue weighted by Crippen LogP contribution is -2.31. The van der Waals surface area contributed by atoms with Crippen LogP contribution in [-0.2, 0) is 11.2 Å². The van der Waals surface area contributed by atoms with E-state index in [0.717, 1.165) is 36.0 Å². The van der Waals surface area contributed by atoms with Crippen molar-refractivity contribution < 1.29 is 9.13 Å². The van der Waals surface area contributed by atoms with Crippen molar-refractivity contribution in [1.29, 1.82) is 0 Å². The molecule has 25 heavy (non-hydrogen) atoms. The molecule has 1 saturated heterocycles. The second-order valence-corrected chi connectivity index (χ2v) is 7.20. The molecule has 1 fully saturated rings. The Kier molecular flexibility index (Phi) is 6.22. The predicted octanol–water partition coefficient (Wildman–Crippen LogP) is 3.77. The molecule has 2 heterocycles. The number of aromatic nitrogens is 2. The predicted molar refractivity (Wildman–Crippen MR) is 98.9 cm³/mol. The Morgan fingerprint density at radius 3 is 3.04 bits per heavy atom. The van der Waals surface area contributed by atoms with E-state index in [2.05, 4.69) is 26.5 Å². The van der Waals surface area contributed by atoms with Crippen LogP contribution in [0.15, 0.2) is 18.2 Å². The molecule has 0 radical (unpaired) electrons. The number of hydrogen-bond donors (Lipinski definition) is 1. The topological polar surface area (TPSA) is 50.3 Å². The van der Waals surface area contributed by atoms with Crippen molar-refractivity contribution in [2.75, 3.05) is 32.1 Å². The first-order valence-corrected chi connectivity index (χ1v) is 9.54. The number of likely N-dealkylation sites (N-methyl/N-ethyl adjacent to an activating group) is 1. The summed E-state index contributed by atoms with van der Waals surface area (Å²) in [5.74, 6) is 0.410. The number of ether oxygens (including phenoxy) is 1. The van der Waals surface area contributed by atoms with Crippen LogP contribution in [0.5, 0.6) is 0 Å². The van der Waals surface area contributed by atoms with Gasteiger partial charge in [0.1, 0.15) is 11.6 Å². The van der Waals surface area contributed by atoms with E-state index < -0.39 is 0 Å². The van der Waals surface area contributed by atoms with E-state index in [0.29, 0.717) is 13.0 Å². The summed E-state index contributed by atoms with van der Waals surface area (Å²) in [7, 11) is 1.67. The molecular weight excluding hydrogens is 363 g/mol. The van der Waals surface area contributed by atoms with Crippen LogP contribution < -0.4 is 5.32 Å². The van der Waals surface area contributed by atoms with Crippen LogP contribution in [0, 0.1) is 5.82 Å². The van der Waals surface area contributed by atoms with Crippen molar-refractivity contribution in [3.05, 3.63) is 40.4 Å². The van der Waals surface area contributed by atoms with Crippen LogP contribution in [0.3, 0.4) is 0 Å². The van der Waals surface area contributed by atoms with E-state index in [1.807, 2.05) is 6.07 Å². The molecule has 2 atom stereocenters. The molecule has 0 spiro atoms. The summed E-state index contributed by atoms with van der Waals surface area (Å²) < 4.78 is 23.4. The first-order chi connectivity index (χ1) is 12.1. The van der Waals surface area contributed by atoms with Crippen molar-refractivity contribution in [1.82, 2.24) is 14.3 Å². The number of anilines is 1. The highest BCUT2D eigenvalue weighted by atomic mass is 35.5. The number of benzene rings is 1. The molecule has 1 aliphatic rings. The molecule has 0 bridgehead atoms. The number of halogens is 2. The zero-order valence-corrected chi connectivity index (χ0v) is 15.9. The van der Waals surface area contributed by atoms with Gasteiger partial charge in [0.05, 0.1) is 17.7 Å². The van der Waals surface area contributed by atoms with Crippen LogP contribution in [0.25, 0.3) is 0 Å². The van der Waals surface area contributed by atoms with Crippen LogP contribution in [0.2, 0.25) is 5.02 Å². The number of nitrogens with zero attached hydrogens (tertiary/aromatic N) is 3. The number of nitrogens with one attached hydrogen (secondary N) is 1. The highest BCUT2D eigenvalue weighted by Crippen LogP contribution is 2.35. The fraction of sp³-hybridized carbons (Fsp3) is 0.529. The van der Waals surface area contributed by atoms with Crippen molar-refractivity contribution in [3.63, 3.8) is 0 Å². The van der Waals surface area contributed by atoms with Crippen molar-refractivity contribution in [2.24, 2.45) is 0 Å². The molecule has 136 valence electrons. The van der Waals surface area contributed by atoms with Gasteiger partial charge < -0.3 is 10.1 Å². The maximum absolute atomic E-state index is 13.9. The van der Waals surface area contributed by atoms with Gasteiger partial charge in [-0.25, -0.2) is 9.37 Å². The number of methoxy groups -OCH3 is 1. The molecule has 5 nitrogen and oxygen atoms in total. The van der Waals surface area contributed by atoms with Crippen LogP contribution >= 0.6 is 23.1 Å². The van der Waals surface area contributed by atoms with Gasteiger partial charge in [-0.05, 0) is 30.7 Å². The number of hydrogen-bond acceptors (Lipinski definition) is 6. The van der Waals surface area contributed by atoms with Crippen molar-refractivity contribution in [2.45, 2.75) is 31.8 Å². The summed E-state index contributed by atoms with van der Waals surface area (Å²) >= 11 is 7.19. The normalized spacial score (nSPS) is 21.0. The highest BCUT2D eigenvalue weighted by molar-refractivity contribution is 7.09. The number of rotatable bonds is 7. The van der Waals surface area contributed by atoms with Gasteiger partial charge in [0.15, 0.2) is 0 Å². The first kappa shape index (κ1) is 18.5. The Bertz CT molecular complexity index is 714. The Morgan fingerprint density at radius 1 is 1.48 bits per heavy atom. The van der Waals surface area contributed by atoms with Gasteiger partial charge >= 0.3 is 0 Å². The quantitative estimate of drug-likeness (QED) is 0.787. The van der Waals surface area contributed by atoms with E-state index in [9.17, 15) is 4.39 Å². The van der Waals surface area contributed by atoms with E-state index >= 15 is 0 Å². The third kappa shape index (κ3) is 4.28. The van der Waals surface area contributed by atoms with E-state index in [4.69, 9.17) is 16.3 Å². The van der Waals surface area contributed by atoms with E-state index in [-0.39, 0.29) is 22.9 Å². The largest absolute Gasteiger partial charge is 0.384 e. The molecule has 1 aromatic heterocycles. The van der Waals surface area contributed by atoms with Crippen molar-refractivity contribution >= 4 is 28.3 Å². The second kappa shape index (κ2) is 8.40. The van der Waals surface area contributed by atoms with E-state index in [1.54, 1.807) is 19.2 Å². The molecule has 1 aliphatic heterocycles. The molecule has 2 aromatic rings. The first-order valence-electron chi connectivity index (χ1n) is 8.39. The molecule has 0 saturated carbocycles. The maximum atomic E-state index is 13.9. The monoisotopic (exact) mass is 384 g/mol. The summed E-state index contributed by atoms with van der Waals surface area (Å²) in [5, 5.41) is 4.45. The minimum atomic E-state index is -0.376. The van der Waals surface area contributed by atoms with Crippen LogP contribution in [0.4, 0.5) is 9.52 Å². The molecule has 1 aromatic carbocycles. The summed E-state index contributed by atoms with van der Waals surface area (Å²) in [4.78, 5) is 6.86. The minimum Gasteiger partial charge on any atom is -0.384 e. The molecule has 2 unspecified atom stereocenters. The molecule has 3 rings (SSSR count).